The largest absolute Gasteiger partial charge is 0.497 e. The van der Waals surface area contributed by atoms with Gasteiger partial charge >= 0.3 is 0 Å². The number of likely N-dealkylation sites (N-methyl/N-ethyl adjacent to an activating group) is 1. The van der Waals surface area contributed by atoms with Crippen LogP contribution in [0.3, 0.4) is 0 Å². The summed E-state index contributed by atoms with van der Waals surface area (Å²) in [5.74, 6) is 2.32. The van der Waals surface area contributed by atoms with Gasteiger partial charge in [-0.2, -0.15) is 4.98 Å². The Bertz CT molecular complexity index is 760. The van der Waals surface area contributed by atoms with Crippen molar-refractivity contribution in [1.82, 2.24) is 15.5 Å². The quantitative estimate of drug-likeness (QED) is 0.767. The number of methoxy groups -OCH3 is 2. The minimum atomic E-state index is -0.120. The number of carbonyl (C=O) groups excluding carboxylic acids is 1. The summed E-state index contributed by atoms with van der Waals surface area (Å²) < 4.78 is 16.0. The van der Waals surface area contributed by atoms with Crippen LogP contribution >= 0.6 is 12.4 Å². The molecule has 2 atom stereocenters. The molecule has 148 valence electrons. The molecule has 1 fully saturated rings. The molecule has 1 N–H and O–H groups in total. The fraction of sp³-hybridized carbons (Fsp3) is 0.500. The molecule has 27 heavy (non-hydrogen) atoms. The molecule has 1 aliphatic heterocycles. The van der Waals surface area contributed by atoms with Crippen molar-refractivity contribution in [2.75, 3.05) is 32.7 Å². The highest BCUT2D eigenvalue weighted by Crippen LogP contribution is 2.35. The number of rotatable bonds is 7. The average molecular weight is 397 g/mol. The Balaban J connectivity index is 0.00000261. The smallest absolute Gasteiger partial charge is 0.232 e. The molecule has 0 spiro atoms. The van der Waals surface area contributed by atoms with E-state index in [1.807, 2.05) is 26.1 Å². The molecule has 1 saturated heterocycles. The SMILES string of the molecule is CNC(C)Cc1noc(C2CC(=O)N(c3cc(OC)cc(OC)c3)C2)n1.Cl. The van der Waals surface area contributed by atoms with Gasteiger partial charge in [0, 0.05) is 43.6 Å². The number of carbonyl (C=O) groups is 1. The minimum Gasteiger partial charge on any atom is -0.497 e. The van der Waals surface area contributed by atoms with E-state index in [1.54, 1.807) is 25.2 Å². The number of nitrogens with zero attached hydrogens (tertiary/aromatic N) is 3. The highest BCUT2D eigenvalue weighted by atomic mass is 35.5. The zero-order chi connectivity index (χ0) is 18.7. The first-order valence-corrected chi connectivity index (χ1v) is 8.57. The first-order valence-electron chi connectivity index (χ1n) is 8.57. The summed E-state index contributed by atoms with van der Waals surface area (Å²) in [4.78, 5) is 18.7. The summed E-state index contributed by atoms with van der Waals surface area (Å²) >= 11 is 0. The van der Waals surface area contributed by atoms with E-state index in [0.717, 1.165) is 5.69 Å². The van der Waals surface area contributed by atoms with Crippen molar-refractivity contribution in [2.45, 2.75) is 31.7 Å². The number of hydrogen-bond acceptors (Lipinski definition) is 7. The maximum atomic E-state index is 12.5. The lowest BCUT2D eigenvalue weighted by atomic mass is 10.1. The van der Waals surface area contributed by atoms with Crippen LogP contribution in [-0.4, -0.2) is 49.9 Å². The zero-order valence-electron chi connectivity index (χ0n) is 15.9. The van der Waals surface area contributed by atoms with E-state index in [-0.39, 0.29) is 30.3 Å². The lowest BCUT2D eigenvalue weighted by molar-refractivity contribution is -0.117. The number of amides is 1. The van der Waals surface area contributed by atoms with E-state index < -0.39 is 0 Å². The molecule has 8 nitrogen and oxygen atoms in total. The highest BCUT2D eigenvalue weighted by Gasteiger charge is 2.35. The van der Waals surface area contributed by atoms with Gasteiger partial charge in [-0.25, -0.2) is 0 Å². The van der Waals surface area contributed by atoms with Crippen molar-refractivity contribution in [3.8, 4) is 11.5 Å². The molecule has 0 radical (unpaired) electrons. The first kappa shape index (κ1) is 21.0. The van der Waals surface area contributed by atoms with Crippen molar-refractivity contribution in [1.29, 1.82) is 0 Å². The van der Waals surface area contributed by atoms with Crippen LogP contribution in [0.4, 0.5) is 5.69 Å². The fourth-order valence-electron chi connectivity index (χ4n) is 2.96. The van der Waals surface area contributed by atoms with E-state index in [0.29, 0.717) is 42.6 Å². The van der Waals surface area contributed by atoms with Gasteiger partial charge in [-0.3, -0.25) is 4.79 Å². The monoisotopic (exact) mass is 396 g/mol. The molecular formula is C18H25ClN4O4. The third kappa shape index (κ3) is 4.70. The summed E-state index contributed by atoms with van der Waals surface area (Å²) in [5.41, 5.74) is 0.734. The van der Waals surface area contributed by atoms with Crippen molar-refractivity contribution >= 4 is 24.0 Å². The summed E-state index contributed by atoms with van der Waals surface area (Å²) in [5, 5.41) is 7.17. The van der Waals surface area contributed by atoms with Gasteiger partial charge in [-0.15, -0.1) is 12.4 Å². The Hall–Kier alpha value is -2.32. The first-order chi connectivity index (χ1) is 12.5. The van der Waals surface area contributed by atoms with Crippen molar-refractivity contribution < 1.29 is 18.8 Å². The summed E-state index contributed by atoms with van der Waals surface area (Å²) in [6.45, 7) is 2.53. The molecular weight excluding hydrogens is 372 g/mol. The van der Waals surface area contributed by atoms with Crippen LogP contribution in [-0.2, 0) is 11.2 Å². The molecule has 1 aliphatic rings. The molecule has 0 saturated carbocycles. The molecule has 9 heteroatoms. The van der Waals surface area contributed by atoms with Gasteiger partial charge in [0.2, 0.25) is 11.8 Å². The Morgan fingerprint density at radius 1 is 1.30 bits per heavy atom. The Labute approximate surface area is 164 Å². The van der Waals surface area contributed by atoms with Gasteiger partial charge in [0.05, 0.1) is 25.8 Å². The highest BCUT2D eigenvalue weighted by molar-refractivity contribution is 5.96. The van der Waals surface area contributed by atoms with Crippen LogP contribution in [0.25, 0.3) is 0 Å². The number of anilines is 1. The fourth-order valence-corrected chi connectivity index (χ4v) is 2.96. The predicted octanol–water partition coefficient (Wildman–Crippen LogP) is 2.18. The van der Waals surface area contributed by atoms with Crippen LogP contribution < -0.4 is 19.7 Å². The van der Waals surface area contributed by atoms with E-state index in [1.165, 1.54) is 0 Å². The van der Waals surface area contributed by atoms with Crippen LogP contribution in [0.1, 0.15) is 31.0 Å². The summed E-state index contributed by atoms with van der Waals surface area (Å²) in [6, 6.07) is 5.66. The third-order valence-corrected chi connectivity index (χ3v) is 4.59. The predicted molar refractivity (Wildman–Crippen MR) is 103 cm³/mol. The number of hydrogen-bond donors (Lipinski definition) is 1. The standard InChI is InChI=1S/C18H24N4O4.ClH/c1-11(19-2)5-16-20-18(26-21-16)12-6-17(23)22(10-12)13-7-14(24-3)9-15(8-13)25-4;/h7-9,11-12,19H,5-6,10H2,1-4H3;1H. The van der Waals surface area contributed by atoms with E-state index in [4.69, 9.17) is 14.0 Å². The summed E-state index contributed by atoms with van der Waals surface area (Å²) in [6.07, 6.45) is 1.01. The normalized spacial score (nSPS) is 17.6. The molecule has 1 aromatic heterocycles. The molecule has 1 aromatic carbocycles. The average Bonchev–Trinajstić information content (AvgIpc) is 3.27. The second-order valence-electron chi connectivity index (χ2n) is 6.42. The molecule has 0 bridgehead atoms. The van der Waals surface area contributed by atoms with Crippen molar-refractivity contribution in [3.63, 3.8) is 0 Å². The maximum absolute atomic E-state index is 12.5. The van der Waals surface area contributed by atoms with Crippen LogP contribution in [0.2, 0.25) is 0 Å². The summed E-state index contributed by atoms with van der Waals surface area (Å²) in [7, 11) is 5.06. The van der Waals surface area contributed by atoms with Crippen molar-refractivity contribution in [3.05, 3.63) is 29.9 Å². The number of aromatic nitrogens is 2. The number of ether oxygens (including phenoxy) is 2. The van der Waals surface area contributed by atoms with E-state index >= 15 is 0 Å². The lowest BCUT2D eigenvalue weighted by Crippen LogP contribution is -2.24. The van der Waals surface area contributed by atoms with Gasteiger partial charge in [0.15, 0.2) is 5.82 Å². The minimum absolute atomic E-state index is 0. The number of benzene rings is 1. The second kappa shape index (κ2) is 9.05. The third-order valence-electron chi connectivity index (χ3n) is 4.59. The lowest BCUT2D eigenvalue weighted by Gasteiger charge is -2.18. The van der Waals surface area contributed by atoms with Crippen LogP contribution in [0, 0.1) is 0 Å². The Morgan fingerprint density at radius 3 is 2.56 bits per heavy atom. The zero-order valence-corrected chi connectivity index (χ0v) is 16.7. The second-order valence-corrected chi connectivity index (χ2v) is 6.42. The van der Waals surface area contributed by atoms with Crippen molar-refractivity contribution in [2.24, 2.45) is 0 Å². The van der Waals surface area contributed by atoms with Gasteiger partial charge in [-0.05, 0) is 14.0 Å². The van der Waals surface area contributed by atoms with Crippen LogP contribution in [0.5, 0.6) is 11.5 Å². The molecule has 2 aromatic rings. The van der Waals surface area contributed by atoms with E-state index in [9.17, 15) is 4.79 Å². The number of halogens is 1. The van der Waals surface area contributed by atoms with E-state index in [2.05, 4.69) is 15.5 Å². The topological polar surface area (TPSA) is 89.7 Å². The number of nitrogens with one attached hydrogen (secondary N) is 1. The van der Waals surface area contributed by atoms with Crippen LogP contribution in [0.15, 0.2) is 22.7 Å². The molecule has 2 heterocycles. The van der Waals surface area contributed by atoms with Gasteiger partial charge in [0.1, 0.15) is 11.5 Å². The molecule has 2 unspecified atom stereocenters. The molecule has 1 amide bonds. The molecule has 3 rings (SSSR count). The molecule has 0 aliphatic carbocycles. The Kier molecular flexibility index (Phi) is 7.04. The van der Waals surface area contributed by atoms with Gasteiger partial charge < -0.3 is 24.2 Å². The van der Waals surface area contributed by atoms with Gasteiger partial charge in [0.25, 0.3) is 0 Å². The Morgan fingerprint density at radius 2 is 1.96 bits per heavy atom. The maximum Gasteiger partial charge on any atom is 0.232 e. The van der Waals surface area contributed by atoms with Gasteiger partial charge in [-0.1, -0.05) is 5.16 Å².